The highest BCUT2D eigenvalue weighted by Gasteiger charge is 2.32. The van der Waals surface area contributed by atoms with Crippen LogP contribution in [0.15, 0.2) is 41.8 Å². The van der Waals surface area contributed by atoms with Crippen LogP contribution in [0.4, 0.5) is 5.69 Å². The fourth-order valence-corrected chi connectivity index (χ4v) is 3.37. The van der Waals surface area contributed by atoms with Crippen molar-refractivity contribution in [1.82, 2.24) is 4.31 Å². The molecular formula is C13H20N2O2S. The Balaban J connectivity index is 3.25. The maximum Gasteiger partial charge on any atom is 0.243 e. The van der Waals surface area contributed by atoms with Crippen LogP contribution in [-0.2, 0) is 10.0 Å². The number of hydrogen-bond donors (Lipinski definition) is 1. The minimum atomic E-state index is -3.53. The lowest BCUT2D eigenvalue weighted by molar-refractivity contribution is 0.270. The number of benzene rings is 1. The van der Waals surface area contributed by atoms with E-state index in [1.54, 1.807) is 18.2 Å². The predicted octanol–water partition coefficient (Wildman–Crippen LogP) is 2.24. The van der Waals surface area contributed by atoms with Crippen molar-refractivity contribution in [3.05, 3.63) is 36.9 Å². The number of nitrogen functional groups attached to an aromatic ring is 1. The van der Waals surface area contributed by atoms with E-state index in [4.69, 9.17) is 5.73 Å². The molecule has 0 aliphatic carbocycles. The van der Waals surface area contributed by atoms with Gasteiger partial charge in [0.15, 0.2) is 0 Å². The van der Waals surface area contributed by atoms with E-state index >= 15 is 0 Å². The largest absolute Gasteiger partial charge is 0.399 e. The highest BCUT2D eigenvalue weighted by Crippen LogP contribution is 2.24. The Morgan fingerprint density at radius 2 is 1.78 bits per heavy atom. The standard InChI is InChI=1S/C13H20N2O2S/c1-5-10-15(13(2,3)4)18(16,17)12-8-6-11(14)7-9-12/h5-9H,1,10,14H2,2-4H3. The maximum atomic E-state index is 12.5. The predicted molar refractivity (Wildman–Crippen MR) is 74.7 cm³/mol. The number of anilines is 1. The maximum absolute atomic E-state index is 12.5. The van der Waals surface area contributed by atoms with E-state index in [9.17, 15) is 8.42 Å². The fourth-order valence-electron chi connectivity index (χ4n) is 1.62. The third-order valence-corrected chi connectivity index (χ3v) is 4.66. The molecular weight excluding hydrogens is 248 g/mol. The van der Waals surface area contributed by atoms with Gasteiger partial charge in [0.05, 0.1) is 4.90 Å². The van der Waals surface area contributed by atoms with E-state index < -0.39 is 15.6 Å². The lowest BCUT2D eigenvalue weighted by Crippen LogP contribution is -2.45. The molecule has 18 heavy (non-hydrogen) atoms. The van der Waals surface area contributed by atoms with Crippen LogP contribution in [0.5, 0.6) is 0 Å². The first-order valence-electron chi connectivity index (χ1n) is 5.69. The van der Waals surface area contributed by atoms with Crippen molar-refractivity contribution in [2.24, 2.45) is 0 Å². The van der Waals surface area contributed by atoms with Gasteiger partial charge in [-0.2, -0.15) is 4.31 Å². The molecule has 0 fully saturated rings. The third-order valence-electron chi connectivity index (χ3n) is 2.51. The Labute approximate surface area is 109 Å². The summed E-state index contributed by atoms with van der Waals surface area (Å²) in [6.07, 6.45) is 1.58. The first kappa shape index (κ1) is 14.7. The van der Waals surface area contributed by atoms with Crippen molar-refractivity contribution < 1.29 is 8.42 Å². The molecule has 0 bridgehead atoms. The smallest absolute Gasteiger partial charge is 0.243 e. The van der Waals surface area contributed by atoms with Crippen molar-refractivity contribution in [3.63, 3.8) is 0 Å². The number of nitrogens with two attached hydrogens (primary N) is 1. The van der Waals surface area contributed by atoms with Crippen LogP contribution in [0.25, 0.3) is 0 Å². The van der Waals surface area contributed by atoms with Crippen molar-refractivity contribution >= 4 is 15.7 Å². The average Bonchev–Trinajstić information content (AvgIpc) is 2.24. The van der Waals surface area contributed by atoms with Crippen LogP contribution >= 0.6 is 0 Å². The van der Waals surface area contributed by atoms with E-state index in [-0.39, 0.29) is 11.4 Å². The minimum absolute atomic E-state index is 0.244. The van der Waals surface area contributed by atoms with Crippen molar-refractivity contribution in [3.8, 4) is 0 Å². The number of sulfonamides is 1. The van der Waals surface area contributed by atoms with Gasteiger partial charge in [-0.05, 0) is 45.0 Å². The molecule has 0 saturated carbocycles. The Hall–Kier alpha value is -1.33. The molecule has 0 unspecified atom stereocenters. The minimum Gasteiger partial charge on any atom is -0.399 e. The zero-order valence-electron chi connectivity index (χ0n) is 11.1. The Morgan fingerprint density at radius 3 is 2.17 bits per heavy atom. The van der Waals surface area contributed by atoms with Crippen molar-refractivity contribution in [2.75, 3.05) is 12.3 Å². The summed E-state index contributed by atoms with van der Waals surface area (Å²) in [6.45, 7) is 9.44. The fraction of sp³-hybridized carbons (Fsp3) is 0.385. The highest BCUT2D eigenvalue weighted by atomic mass is 32.2. The second kappa shape index (κ2) is 5.12. The molecule has 1 rings (SSSR count). The molecule has 100 valence electrons. The molecule has 0 aliphatic rings. The van der Waals surface area contributed by atoms with E-state index in [1.807, 2.05) is 20.8 Å². The highest BCUT2D eigenvalue weighted by molar-refractivity contribution is 7.89. The zero-order chi connectivity index (χ0) is 14.0. The first-order valence-corrected chi connectivity index (χ1v) is 7.13. The molecule has 0 saturated heterocycles. The molecule has 0 spiro atoms. The van der Waals surface area contributed by atoms with Gasteiger partial charge in [-0.25, -0.2) is 8.42 Å². The average molecular weight is 268 g/mol. The van der Waals surface area contributed by atoms with Gasteiger partial charge < -0.3 is 5.73 Å². The van der Waals surface area contributed by atoms with E-state index in [0.29, 0.717) is 5.69 Å². The molecule has 0 heterocycles. The third kappa shape index (κ3) is 3.11. The molecule has 0 radical (unpaired) electrons. The zero-order valence-corrected chi connectivity index (χ0v) is 11.9. The van der Waals surface area contributed by atoms with Crippen LogP contribution in [0.3, 0.4) is 0 Å². The summed E-state index contributed by atoms with van der Waals surface area (Å²) in [6, 6.07) is 6.21. The normalized spacial score (nSPS) is 12.7. The molecule has 4 nitrogen and oxygen atoms in total. The van der Waals surface area contributed by atoms with Gasteiger partial charge in [0.2, 0.25) is 10.0 Å². The molecule has 5 heteroatoms. The molecule has 1 aromatic carbocycles. The summed E-state index contributed by atoms with van der Waals surface area (Å²) >= 11 is 0. The van der Waals surface area contributed by atoms with Gasteiger partial charge in [-0.1, -0.05) is 6.08 Å². The monoisotopic (exact) mass is 268 g/mol. The molecule has 1 aromatic rings. The van der Waals surface area contributed by atoms with Crippen LogP contribution in [-0.4, -0.2) is 24.8 Å². The molecule has 2 N–H and O–H groups in total. The van der Waals surface area contributed by atoms with E-state index in [0.717, 1.165) is 0 Å². The molecule has 0 aromatic heterocycles. The van der Waals surface area contributed by atoms with Crippen LogP contribution in [0.1, 0.15) is 20.8 Å². The van der Waals surface area contributed by atoms with Crippen molar-refractivity contribution in [2.45, 2.75) is 31.2 Å². The van der Waals surface area contributed by atoms with Crippen LogP contribution < -0.4 is 5.73 Å². The Kier molecular flexibility index (Phi) is 4.19. The summed E-state index contributed by atoms with van der Waals surface area (Å²) in [7, 11) is -3.53. The topological polar surface area (TPSA) is 63.4 Å². The Bertz CT molecular complexity index is 513. The summed E-state index contributed by atoms with van der Waals surface area (Å²) in [5, 5.41) is 0. The number of rotatable bonds is 4. The van der Waals surface area contributed by atoms with Gasteiger partial charge in [0.25, 0.3) is 0 Å². The quantitative estimate of drug-likeness (QED) is 0.673. The van der Waals surface area contributed by atoms with Gasteiger partial charge in [0.1, 0.15) is 0 Å². The number of nitrogens with zero attached hydrogens (tertiary/aromatic N) is 1. The SMILES string of the molecule is C=CCN(C(C)(C)C)S(=O)(=O)c1ccc(N)cc1. The second-order valence-electron chi connectivity index (χ2n) is 5.06. The summed E-state index contributed by atoms with van der Waals surface area (Å²) in [5.74, 6) is 0. The lowest BCUT2D eigenvalue weighted by atomic mass is 10.1. The molecule has 0 atom stereocenters. The Morgan fingerprint density at radius 1 is 1.28 bits per heavy atom. The van der Waals surface area contributed by atoms with Crippen molar-refractivity contribution in [1.29, 1.82) is 0 Å². The molecule has 0 aliphatic heterocycles. The van der Waals surface area contributed by atoms with Crippen LogP contribution in [0.2, 0.25) is 0 Å². The molecule has 0 amide bonds. The summed E-state index contributed by atoms with van der Waals surface area (Å²) in [4.78, 5) is 0.244. The van der Waals surface area contributed by atoms with Gasteiger partial charge in [0, 0.05) is 17.8 Å². The summed E-state index contributed by atoms with van der Waals surface area (Å²) in [5.41, 5.74) is 5.60. The lowest BCUT2D eigenvalue weighted by Gasteiger charge is -2.33. The van der Waals surface area contributed by atoms with E-state index in [2.05, 4.69) is 6.58 Å². The van der Waals surface area contributed by atoms with Gasteiger partial charge >= 0.3 is 0 Å². The van der Waals surface area contributed by atoms with Crippen LogP contribution in [0, 0.1) is 0 Å². The van der Waals surface area contributed by atoms with Gasteiger partial charge in [-0.15, -0.1) is 6.58 Å². The van der Waals surface area contributed by atoms with Gasteiger partial charge in [-0.3, -0.25) is 0 Å². The second-order valence-corrected chi connectivity index (χ2v) is 6.93. The first-order chi connectivity index (χ1) is 8.19. The summed E-state index contributed by atoms with van der Waals surface area (Å²) < 4.78 is 26.5. The van der Waals surface area contributed by atoms with E-state index in [1.165, 1.54) is 16.4 Å². The number of hydrogen-bond acceptors (Lipinski definition) is 3.